The molecule has 0 aliphatic heterocycles. The first-order valence-electron chi connectivity index (χ1n) is 7.09. The van der Waals surface area contributed by atoms with Crippen LogP contribution in [0.4, 0.5) is 0 Å². The molecular weight excluding hydrogens is 258 g/mol. The summed E-state index contributed by atoms with van der Waals surface area (Å²) in [7, 11) is -3.32. The Balaban J connectivity index is 3.42. The number of hydrogen-bond donors (Lipinski definition) is 0. The zero-order chi connectivity index (χ0) is 14.7. The monoisotopic (exact) mass is 284 g/mol. The topological polar surface area (TPSA) is 34.1 Å². The molecule has 1 aromatic rings. The maximum Gasteiger partial charge on any atom is 0.327 e. The van der Waals surface area contributed by atoms with E-state index in [2.05, 4.69) is 6.92 Å². The van der Waals surface area contributed by atoms with Gasteiger partial charge in [-0.15, -0.1) is 0 Å². The zero-order valence-electron chi connectivity index (χ0n) is 12.7. The Labute approximate surface area is 117 Å². The Morgan fingerprint density at radius 3 is 1.95 bits per heavy atom. The van der Waals surface area contributed by atoms with E-state index >= 15 is 0 Å². The van der Waals surface area contributed by atoms with E-state index in [1.807, 2.05) is 39.8 Å². The summed E-state index contributed by atoms with van der Waals surface area (Å²) in [5.74, 6) is 0. The maximum atomic E-state index is 12.9. The van der Waals surface area contributed by atoms with Crippen LogP contribution in [0.1, 0.15) is 38.8 Å². The van der Waals surface area contributed by atoms with Gasteiger partial charge in [0.1, 0.15) is 4.90 Å². The molecule has 0 fully saturated rings. The second-order valence-corrected chi connectivity index (χ2v) is 7.12. The van der Waals surface area contributed by atoms with E-state index in [0.717, 1.165) is 17.5 Å². The van der Waals surface area contributed by atoms with Crippen LogP contribution in [0.2, 0.25) is 0 Å². The van der Waals surface area contributed by atoms with Crippen molar-refractivity contribution in [3.63, 3.8) is 0 Å². The summed E-state index contributed by atoms with van der Waals surface area (Å²) in [4.78, 5) is 0.459. The summed E-state index contributed by atoms with van der Waals surface area (Å²) in [5, 5.41) is 0. The van der Waals surface area contributed by atoms with Crippen LogP contribution in [0, 0.1) is 6.92 Å². The number of rotatable bonds is 6. The Kier molecular flexibility index (Phi) is 5.16. The summed E-state index contributed by atoms with van der Waals surface area (Å²) >= 11 is 0. The fourth-order valence-electron chi connectivity index (χ4n) is 2.59. The summed E-state index contributed by atoms with van der Waals surface area (Å²) in [6.07, 6.45) is 0.861. The number of sulfonamides is 1. The predicted molar refractivity (Wildman–Crippen MR) is 79.6 cm³/mol. The molecule has 0 unspecified atom stereocenters. The molecule has 0 aliphatic carbocycles. The minimum atomic E-state index is -3.32. The van der Waals surface area contributed by atoms with Gasteiger partial charge in [-0.05, 0) is 57.4 Å². The highest BCUT2D eigenvalue weighted by Crippen LogP contribution is 2.25. The molecule has 0 radical (unpaired) electrons. The van der Waals surface area contributed by atoms with Crippen molar-refractivity contribution in [3.05, 3.63) is 29.3 Å². The van der Waals surface area contributed by atoms with Crippen LogP contribution < -0.4 is 0 Å². The van der Waals surface area contributed by atoms with Gasteiger partial charge in [-0.2, -0.15) is 8.42 Å². The van der Waals surface area contributed by atoms with Gasteiger partial charge < -0.3 is 0 Å². The highest BCUT2D eigenvalue weighted by Gasteiger charge is 2.38. The van der Waals surface area contributed by atoms with Crippen LogP contribution in [0.3, 0.4) is 0 Å². The molecule has 1 aromatic carbocycles. The minimum Gasteiger partial charge on any atom is -0.215 e. The normalized spacial score (nSPS) is 12.7. The van der Waals surface area contributed by atoms with Gasteiger partial charge in [0.05, 0.1) is 19.6 Å². The van der Waals surface area contributed by atoms with Crippen molar-refractivity contribution in [2.24, 2.45) is 0 Å². The van der Waals surface area contributed by atoms with Crippen molar-refractivity contribution >= 4 is 10.0 Å². The molecule has 3 nitrogen and oxygen atoms in total. The van der Waals surface area contributed by atoms with E-state index in [4.69, 9.17) is 0 Å². The molecule has 0 spiro atoms. The molecule has 0 aliphatic rings. The molecule has 0 amide bonds. The van der Waals surface area contributed by atoms with Gasteiger partial charge in [0.25, 0.3) is 0 Å². The zero-order valence-corrected chi connectivity index (χ0v) is 13.5. The van der Waals surface area contributed by atoms with E-state index in [-0.39, 0.29) is 3.89 Å². The number of quaternary nitrogens is 1. The van der Waals surface area contributed by atoms with Crippen molar-refractivity contribution in [1.29, 1.82) is 0 Å². The van der Waals surface area contributed by atoms with E-state index in [0.29, 0.717) is 24.5 Å². The number of benzene rings is 1. The molecule has 1 rings (SSSR count). The molecule has 19 heavy (non-hydrogen) atoms. The van der Waals surface area contributed by atoms with Gasteiger partial charge in [0.15, 0.2) is 0 Å². The van der Waals surface area contributed by atoms with E-state index in [1.54, 1.807) is 6.07 Å². The molecular formula is C15H26NO2S+. The molecule has 0 saturated carbocycles. The molecule has 0 saturated heterocycles. The van der Waals surface area contributed by atoms with Gasteiger partial charge in [-0.25, -0.2) is 3.89 Å². The van der Waals surface area contributed by atoms with Crippen molar-refractivity contribution in [3.8, 4) is 0 Å². The fraction of sp³-hybridized carbons (Fsp3) is 0.600. The molecule has 0 aromatic heterocycles. The number of nitrogens with zero attached hydrogens (tertiary/aromatic N) is 1. The lowest BCUT2D eigenvalue weighted by Gasteiger charge is -2.34. The number of aryl methyl sites for hydroxylation is 2. The third-order valence-corrected chi connectivity index (χ3v) is 6.88. The van der Waals surface area contributed by atoms with Gasteiger partial charge in [0, 0.05) is 0 Å². The lowest BCUT2D eigenvalue weighted by atomic mass is 10.1. The average Bonchev–Trinajstić information content (AvgIpc) is 2.41. The lowest BCUT2D eigenvalue weighted by molar-refractivity contribution is -0.800. The average molecular weight is 284 g/mol. The largest absolute Gasteiger partial charge is 0.327 e. The standard InChI is InChI=1S/C15H26NO2S/c1-6-14-12-15(11-10-13(14)5)19(17,18)16(7-2,8-3)9-4/h10-12H,6-9H2,1-5H3/q+1. The quantitative estimate of drug-likeness (QED) is 0.752. The molecule has 0 bridgehead atoms. The van der Waals surface area contributed by atoms with Crippen molar-refractivity contribution in [1.82, 2.24) is 0 Å². The Bertz CT molecular complexity index is 523. The van der Waals surface area contributed by atoms with Crippen LogP contribution in [-0.4, -0.2) is 31.9 Å². The van der Waals surface area contributed by atoms with E-state index in [1.165, 1.54) is 0 Å². The maximum absolute atomic E-state index is 12.9. The first-order chi connectivity index (χ1) is 8.88. The Morgan fingerprint density at radius 1 is 1.00 bits per heavy atom. The van der Waals surface area contributed by atoms with Crippen molar-refractivity contribution in [2.75, 3.05) is 19.6 Å². The van der Waals surface area contributed by atoms with Gasteiger partial charge in [-0.1, -0.05) is 13.0 Å². The minimum absolute atomic E-state index is 0.124. The SMILES string of the molecule is CCc1cc(S(=O)(=O)[N+](CC)(CC)CC)ccc1C. The number of hydrogen-bond acceptors (Lipinski definition) is 2. The van der Waals surface area contributed by atoms with Crippen LogP contribution in [0.25, 0.3) is 0 Å². The lowest BCUT2D eigenvalue weighted by Crippen LogP contribution is -2.52. The highest BCUT2D eigenvalue weighted by atomic mass is 32.2. The van der Waals surface area contributed by atoms with Crippen molar-refractivity contribution < 1.29 is 12.3 Å². The summed E-state index contributed by atoms with van der Waals surface area (Å²) in [5.41, 5.74) is 2.27. The van der Waals surface area contributed by atoms with Gasteiger partial charge in [0.2, 0.25) is 0 Å². The third kappa shape index (κ3) is 2.70. The molecule has 4 heteroatoms. The second-order valence-electron chi connectivity index (χ2n) is 4.92. The molecule has 0 atom stereocenters. The van der Waals surface area contributed by atoms with Crippen LogP contribution in [0.15, 0.2) is 23.1 Å². The van der Waals surface area contributed by atoms with Crippen LogP contribution in [-0.2, 0) is 16.4 Å². The predicted octanol–water partition coefficient (Wildman–Crippen LogP) is 3.12. The van der Waals surface area contributed by atoms with Gasteiger partial charge >= 0.3 is 10.0 Å². The Hall–Kier alpha value is -0.870. The first-order valence-corrected chi connectivity index (χ1v) is 8.53. The molecule has 0 heterocycles. The smallest absolute Gasteiger partial charge is 0.215 e. The summed E-state index contributed by atoms with van der Waals surface area (Å²) in [6, 6.07) is 5.51. The van der Waals surface area contributed by atoms with Gasteiger partial charge in [-0.3, -0.25) is 0 Å². The summed E-state index contributed by atoms with van der Waals surface area (Å²) in [6.45, 7) is 11.7. The Morgan fingerprint density at radius 2 is 1.53 bits per heavy atom. The van der Waals surface area contributed by atoms with Crippen LogP contribution in [0.5, 0.6) is 0 Å². The van der Waals surface area contributed by atoms with Crippen LogP contribution >= 0.6 is 0 Å². The van der Waals surface area contributed by atoms with E-state index < -0.39 is 10.0 Å². The first kappa shape index (κ1) is 16.2. The summed E-state index contributed by atoms with van der Waals surface area (Å²) < 4.78 is 25.9. The van der Waals surface area contributed by atoms with E-state index in [9.17, 15) is 8.42 Å². The highest BCUT2D eigenvalue weighted by molar-refractivity contribution is 7.86. The van der Waals surface area contributed by atoms with Crippen molar-refractivity contribution in [2.45, 2.75) is 45.9 Å². The molecule has 0 N–H and O–H groups in total. The fourth-order valence-corrected chi connectivity index (χ4v) is 4.59. The second kappa shape index (κ2) is 6.06. The third-order valence-electron chi connectivity index (χ3n) is 4.24. The molecule has 108 valence electrons.